The van der Waals surface area contributed by atoms with Crippen LogP contribution in [-0.2, 0) is 6.54 Å². The van der Waals surface area contributed by atoms with Crippen LogP contribution in [0.1, 0.15) is 11.3 Å². The fourth-order valence-electron chi connectivity index (χ4n) is 3.12. The molecule has 0 unspecified atom stereocenters. The highest BCUT2D eigenvalue weighted by molar-refractivity contribution is 5.91. The maximum Gasteiger partial charge on any atom is 0.320 e. The van der Waals surface area contributed by atoms with Crippen LogP contribution in [0.25, 0.3) is 16.6 Å². The monoisotopic (exact) mass is 401 g/mol. The van der Waals surface area contributed by atoms with Crippen molar-refractivity contribution in [1.82, 2.24) is 30.4 Å². The third kappa shape index (κ3) is 4.79. The predicted octanol–water partition coefficient (Wildman–Crippen LogP) is 3.04. The summed E-state index contributed by atoms with van der Waals surface area (Å²) >= 11 is 0. The van der Waals surface area contributed by atoms with Gasteiger partial charge < -0.3 is 10.6 Å². The van der Waals surface area contributed by atoms with Gasteiger partial charge in [0.1, 0.15) is 5.82 Å². The topological polar surface area (TPSA) is 96.8 Å². The fraction of sp³-hybridized carbons (Fsp3) is 0.182. The SMILES string of the molecule is Cc1cc(-n2ncc3cc(NC(=O)NCCNCc4ccccc4)ncc32)ccn1. The van der Waals surface area contributed by atoms with Gasteiger partial charge in [-0.05, 0) is 30.7 Å². The van der Waals surface area contributed by atoms with Gasteiger partial charge in [0.05, 0.1) is 23.6 Å². The van der Waals surface area contributed by atoms with Crippen molar-refractivity contribution in [3.63, 3.8) is 0 Å². The molecular weight excluding hydrogens is 378 g/mol. The van der Waals surface area contributed by atoms with Crippen LogP contribution >= 0.6 is 0 Å². The quantitative estimate of drug-likeness (QED) is 0.414. The zero-order chi connectivity index (χ0) is 20.8. The first kappa shape index (κ1) is 19.5. The minimum Gasteiger partial charge on any atom is -0.337 e. The van der Waals surface area contributed by atoms with E-state index in [0.29, 0.717) is 18.9 Å². The van der Waals surface area contributed by atoms with Gasteiger partial charge in [0.25, 0.3) is 0 Å². The Bertz CT molecular complexity index is 1140. The van der Waals surface area contributed by atoms with Crippen LogP contribution < -0.4 is 16.0 Å². The number of benzene rings is 1. The van der Waals surface area contributed by atoms with Gasteiger partial charge in [0, 0.05) is 36.9 Å². The number of anilines is 1. The van der Waals surface area contributed by atoms with Crippen molar-refractivity contribution in [3.05, 3.63) is 78.4 Å². The summed E-state index contributed by atoms with van der Waals surface area (Å²) in [5.41, 5.74) is 3.90. The molecule has 0 saturated heterocycles. The summed E-state index contributed by atoms with van der Waals surface area (Å²) in [6.07, 6.45) is 5.21. The van der Waals surface area contributed by atoms with E-state index >= 15 is 0 Å². The maximum absolute atomic E-state index is 12.1. The minimum absolute atomic E-state index is 0.291. The van der Waals surface area contributed by atoms with Gasteiger partial charge >= 0.3 is 6.03 Å². The number of carbonyl (C=O) groups is 1. The summed E-state index contributed by atoms with van der Waals surface area (Å²) in [4.78, 5) is 20.7. The number of hydrogen-bond donors (Lipinski definition) is 3. The Morgan fingerprint density at radius 2 is 1.90 bits per heavy atom. The Morgan fingerprint density at radius 3 is 2.73 bits per heavy atom. The number of urea groups is 1. The molecule has 30 heavy (non-hydrogen) atoms. The Hall–Kier alpha value is -3.78. The van der Waals surface area contributed by atoms with Gasteiger partial charge in [-0.1, -0.05) is 30.3 Å². The van der Waals surface area contributed by atoms with E-state index in [0.717, 1.165) is 28.8 Å². The highest BCUT2D eigenvalue weighted by atomic mass is 16.2. The van der Waals surface area contributed by atoms with Crippen molar-refractivity contribution in [2.24, 2.45) is 0 Å². The van der Waals surface area contributed by atoms with Gasteiger partial charge in [0.2, 0.25) is 0 Å². The summed E-state index contributed by atoms with van der Waals surface area (Å²) < 4.78 is 1.80. The van der Waals surface area contributed by atoms with Crippen LogP contribution in [0.3, 0.4) is 0 Å². The summed E-state index contributed by atoms with van der Waals surface area (Å²) in [7, 11) is 0. The zero-order valence-corrected chi connectivity index (χ0v) is 16.7. The molecule has 0 radical (unpaired) electrons. The normalized spacial score (nSPS) is 10.8. The number of aromatic nitrogens is 4. The Balaban J connectivity index is 1.30. The van der Waals surface area contributed by atoms with E-state index in [1.807, 2.05) is 37.3 Å². The smallest absolute Gasteiger partial charge is 0.320 e. The number of nitrogens with zero attached hydrogens (tertiary/aromatic N) is 4. The number of pyridine rings is 2. The number of nitrogens with one attached hydrogen (secondary N) is 3. The Labute approximate surface area is 174 Å². The number of aryl methyl sites for hydroxylation is 1. The first-order valence-corrected chi connectivity index (χ1v) is 9.75. The molecule has 3 N–H and O–H groups in total. The molecule has 3 aromatic heterocycles. The van der Waals surface area contributed by atoms with Gasteiger partial charge in [-0.3, -0.25) is 10.3 Å². The lowest BCUT2D eigenvalue weighted by atomic mass is 10.2. The van der Waals surface area contributed by atoms with E-state index in [2.05, 4.69) is 43.1 Å². The maximum atomic E-state index is 12.1. The standard InChI is InChI=1S/C22H23N7O/c1-16-11-19(7-8-24-16)29-20-15-26-21(12-18(20)14-27-29)28-22(30)25-10-9-23-13-17-5-3-2-4-6-17/h2-8,11-12,14-15,23H,9-10,13H2,1H3,(H2,25,26,28,30). The first-order chi connectivity index (χ1) is 14.7. The largest absolute Gasteiger partial charge is 0.337 e. The van der Waals surface area contributed by atoms with Crippen LogP contribution in [0.15, 0.2) is 67.1 Å². The molecule has 0 fully saturated rings. The second kappa shape index (κ2) is 9.15. The molecule has 0 spiro atoms. The molecule has 0 bridgehead atoms. The van der Waals surface area contributed by atoms with Crippen molar-refractivity contribution in [3.8, 4) is 5.69 Å². The summed E-state index contributed by atoms with van der Waals surface area (Å²) in [6.45, 7) is 3.89. The number of hydrogen-bond acceptors (Lipinski definition) is 5. The second-order valence-corrected chi connectivity index (χ2v) is 6.88. The number of carbonyl (C=O) groups excluding carboxylic acids is 1. The summed E-state index contributed by atoms with van der Waals surface area (Å²) in [5.74, 6) is 0.475. The van der Waals surface area contributed by atoms with Crippen LogP contribution in [0.2, 0.25) is 0 Å². The van der Waals surface area contributed by atoms with Gasteiger partial charge in [-0.25, -0.2) is 14.5 Å². The average Bonchev–Trinajstić information content (AvgIpc) is 3.17. The molecule has 0 saturated carbocycles. The summed E-state index contributed by atoms with van der Waals surface area (Å²) in [6, 6.07) is 15.5. The molecule has 0 atom stereocenters. The molecule has 1 aromatic carbocycles. The molecule has 2 amide bonds. The first-order valence-electron chi connectivity index (χ1n) is 9.75. The fourth-order valence-corrected chi connectivity index (χ4v) is 3.12. The minimum atomic E-state index is -0.291. The van der Waals surface area contributed by atoms with Gasteiger partial charge in [0.15, 0.2) is 0 Å². The zero-order valence-electron chi connectivity index (χ0n) is 16.7. The van der Waals surface area contributed by atoms with Crippen LogP contribution in [-0.4, -0.2) is 38.9 Å². The highest BCUT2D eigenvalue weighted by Gasteiger charge is 2.09. The molecule has 0 aliphatic rings. The Morgan fingerprint density at radius 1 is 1.03 bits per heavy atom. The third-order valence-corrected chi connectivity index (χ3v) is 4.58. The van der Waals surface area contributed by atoms with E-state index in [9.17, 15) is 4.79 Å². The third-order valence-electron chi connectivity index (χ3n) is 4.58. The number of rotatable bonds is 7. The van der Waals surface area contributed by atoms with E-state index in [-0.39, 0.29) is 6.03 Å². The number of fused-ring (bicyclic) bond motifs is 1. The van der Waals surface area contributed by atoms with Crippen molar-refractivity contribution in [1.29, 1.82) is 0 Å². The van der Waals surface area contributed by atoms with Crippen molar-refractivity contribution in [2.75, 3.05) is 18.4 Å². The van der Waals surface area contributed by atoms with E-state index < -0.39 is 0 Å². The predicted molar refractivity (Wildman–Crippen MR) is 117 cm³/mol. The van der Waals surface area contributed by atoms with Crippen molar-refractivity contribution in [2.45, 2.75) is 13.5 Å². The molecule has 8 heteroatoms. The van der Waals surface area contributed by atoms with Crippen LogP contribution in [0.4, 0.5) is 10.6 Å². The lowest BCUT2D eigenvalue weighted by Crippen LogP contribution is -2.34. The number of amides is 2. The molecule has 0 aliphatic heterocycles. The van der Waals surface area contributed by atoms with Crippen LogP contribution in [0.5, 0.6) is 0 Å². The molecular formula is C22H23N7O. The summed E-state index contributed by atoms with van der Waals surface area (Å²) in [5, 5.41) is 14.2. The van der Waals surface area contributed by atoms with Crippen LogP contribution in [0, 0.1) is 6.92 Å². The van der Waals surface area contributed by atoms with Crippen molar-refractivity contribution < 1.29 is 4.79 Å². The molecule has 152 valence electrons. The second-order valence-electron chi connectivity index (χ2n) is 6.88. The van der Waals surface area contributed by atoms with Gasteiger partial charge in [-0.2, -0.15) is 5.10 Å². The van der Waals surface area contributed by atoms with Crippen molar-refractivity contribution >= 4 is 22.8 Å². The molecule has 8 nitrogen and oxygen atoms in total. The van der Waals surface area contributed by atoms with E-state index in [1.165, 1.54) is 5.56 Å². The van der Waals surface area contributed by atoms with Gasteiger partial charge in [-0.15, -0.1) is 0 Å². The molecule has 4 aromatic rings. The van der Waals surface area contributed by atoms with E-state index in [4.69, 9.17) is 0 Å². The highest BCUT2D eigenvalue weighted by Crippen LogP contribution is 2.20. The average molecular weight is 401 g/mol. The lowest BCUT2D eigenvalue weighted by molar-refractivity contribution is 0.252. The lowest BCUT2D eigenvalue weighted by Gasteiger charge is -2.09. The molecule has 3 heterocycles. The molecule has 4 rings (SSSR count). The molecule has 0 aliphatic carbocycles. The van der Waals surface area contributed by atoms with E-state index in [1.54, 1.807) is 29.3 Å². The Kier molecular flexibility index (Phi) is 5.95.